The van der Waals surface area contributed by atoms with E-state index in [4.69, 9.17) is 19.2 Å². The van der Waals surface area contributed by atoms with Gasteiger partial charge in [-0.15, -0.1) is 0 Å². The predicted molar refractivity (Wildman–Crippen MR) is 51.1 cm³/mol. The summed E-state index contributed by atoms with van der Waals surface area (Å²) in [7, 11) is -4.64. The van der Waals surface area contributed by atoms with Crippen LogP contribution in [0, 0.1) is 0 Å². The van der Waals surface area contributed by atoms with Crippen LogP contribution in [0.4, 0.5) is 0 Å². The van der Waals surface area contributed by atoms with Crippen LogP contribution in [0.2, 0.25) is 0 Å². The van der Waals surface area contributed by atoms with E-state index >= 15 is 0 Å². The Hall–Kier alpha value is 1.83. The molecule has 0 bridgehead atoms. The van der Waals surface area contributed by atoms with Crippen molar-refractivity contribution < 1.29 is 57.6 Å². The van der Waals surface area contributed by atoms with Gasteiger partial charge < -0.3 is 53.0 Å². The molecule has 0 aromatic carbocycles. The molecular formula is H17Na2O11P. The van der Waals surface area contributed by atoms with E-state index in [0.717, 1.165) is 0 Å². The van der Waals surface area contributed by atoms with Gasteiger partial charge in [0.25, 0.3) is 0 Å². The van der Waals surface area contributed by atoms with Crippen molar-refractivity contribution in [2.75, 3.05) is 0 Å². The first kappa shape index (κ1) is 102. The second kappa shape index (κ2) is 46.3. The molecule has 0 saturated carbocycles. The first-order valence-electron chi connectivity index (χ1n) is 0.783. The van der Waals surface area contributed by atoms with Crippen LogP contribution in [0.15, 0.2) is 0 Å². The molecule has 0 amide bonds. The maximum atomic E-state index is 8.88. The van der Waals surface area contributed by atoms with Crippen LogP contribution in [-0.4, -0.2) is 112 Å². The quantitative estimate of drug-likeness (QED) is 0.285. The molecule has 14 heavy (non-hydrogen) atoms. The van der Waals surface area contributed by atoms with Crippen LogP contribution in [0.5, 0.6) is 0 Å². The van der Waals surface area contributed by atoms with Crippen molar-refractivity contribution in [1.29, 1.82) is 0 Å². The van der Waals surface area contributed by atoms with Crippen molar-refractivity contribution in [2.24, 2.45) is 0 Å². The fourth-order valence-corrected chi connectivity index (χ4v) is 0. The van der Waals surface area contributed by atoms with Gasteiger partial charge in [-0.3, -0.25) is 0 Å². The zero-order valence-electron chi connectivity index (χ0n) is 7.70. The van der Waals surface area contributed by atoms with Crippen molar-refractivity contribution in [2.45, 2.75) is 0 Å². The molecule has 90 valence electrons. The molecule has 11 nitrogen and oxygen atoms in total. The van der Waals surface area contributed by atoms with Crippen LogP contribution < -0.4 is 0 Å². The number of hydrogen-bond donors (Lipinski definition) is 3. The van der Waals surface area contributed by atoms with Crippen molar-refractivity contribution in [3.63, 3.8) is 0 Å². The van der Waals surface area contributed by atoms with Crippen molar-refractivity contribution in [3.05, 3.63) is 0 Å². The van der Waals surface area contributed by atoms with Crippen LogP contribution >= 0.6 is 7.82 Å². The summed E-state index contributed by atoms with van der Waals surface area (Å²) in [5, 5.41) is 0. The third kappa shape index (κ3) is 680. The topological polar surface area (TPSA) is 298 Å². The fourth-order valence-electron chi connectivity index (χ4n) is 0. The zero-order valence-corrected chi connectivity index (χ0v) is 12.6. The number of hydrogen-bond acceptors (Lipinski definition) is 1. The van der Waals surface area contributed by atoms with Gasteiger partial charge in [-0.25, -0.2) is 4.57 Å². The van der Waals surface area contributed by atoms with E-state index in [1.165, 1.54) is 0 Å². The molecule has 2 radical (unpaired) electrons. The van der Waals surface area contributed by atoms with E-state index in [2.05, 4.69) is 0 Å². The summed E-state index contributed by atoms with van der Waals surface area (Å²) >= 11 is 0. The van der Waals surface area contributed by atoms with Crippen molar-refractivity contribution in [3.8, 4) is 0 Å². The molecule has 14 heteroatoms. The van der Waals surface area contributed by atoms with Crippen LogP contribution in [-0.2, 0) is 4.57 Å². The van der Waals surface area contributed by atoms with Crippen molar-refractivity contribution >= 4 is 66.9 Å². The summed E-state index contributed by atoms with van der Waals surface area (Å²) in [6, 6.07) is 0. The van der Waals surface area contributed by atoms with E-state index in [-0.39, 0.29) is 97.4 Å². The van der Waals surface area contributed by atoms with Gasteiger partial charge in [0.15, 0.2) is 0 Å². The average molecular weight is 270 g/mol. The smallest absolute Gasteiger partial charge is 0.412 e. The van der Waals surface area contributed by atoms with Crippen molar-refractivity contribution in [1.82, 2.24) is 0 Å². The van der Waals surface area contributed by atoms with Gasteiger partial charge in [0.2, 0.25) is 0 Å². The second-order valence-corrected chi connectivity index (χ2v) is 1.54. The van der Waals surface area contributed by atoms with Crippen LogP contribution in [0.1, 0.15) is 0 Å². The molecule has 0 aliphatic heterocycles. The van der Waals surface area contributed by atoms with Gasteiger partial charge in [0.05, 0.1) is 0 Å². The number of rotatable bonds is 0. The molecule has 0 saturated heterocycles. The normalized spacial score (nSPS) is 4.21. The monoisotopic (exact) mass is 270 g/mol. The van der Waals surface area contributed by atoms with E-state index in [1.807, 2.05) is 0 Å². The predicted octanol–water partition coefficient (Wildman–Crippen LogP) is -7.46. The van der Waals surface area contributed by atoms with Gasteiger partial charge in [-0.1, -0.05) is 0 Å². The number of phosphoric acid groups is 1. The summed E-state index contributed by atoms with van der Waals surface area (Å²) in [4.78, 5) is 21.6. The third-order valence-corrected chi connectivity index (χ3v) is 0. The Morgan fingerprint density at radius 1 is 0.571 bits per heavy atom. The molecule has 0 aliphatic rings. The molecule has 0 aliphatic carbocycles. The summed E-state index contributed by atoms with van der Waals surface area (Å²) < 4.78 is 8.88. The molecule has 0 rings (SSSR count). The Balaban J connectivity index is -0.00000000222. The summed E-state index contributed by atoms with van der Waals surface area (Å²) in [6.07, 6.45) is 0. The molecular weight excluding hydrogens is 253 g/mol. The van der Waals surface area contributed by atoms with E-state index in [9.17, 15) is 0 Å². The van der Waals surface area contributed by atoms with Gasteiger partial charge >= 0.3 is 7.82 Å². The zero-order chi connectivity index (χ0) is 4.50. The molecule has 0 fully saturated rings. The Labute approximate surface area is 123 Å². The summed E-state index contributed by atoms with van der Waals surface area (Å²) in [5.74, 6) is 0. The van der Waals surface area contributed by atoms with E-state index < -0.39 is 7.82 Å². The van der Waals surface area contributed by atoms with Gasteiger partial charge in [-0.2, -0.15) is 0 Å². The Kier molecular flexibility index (Phi) is 339. The van der Waals surface area contributed by atoms with Crippen LogP contribution in [0.25, 0.3) is 0 Å². The van der Waals surface area contributed by atoms with Gasteiger partial charge in [0.1, 0.15) is 0 Å². The fraction of sp³-hybridized carbons (Fsp3) is 0. The third-order valence-electron chi connectivity index (χ3n) is 0. The van der Waals surface area contributed by atoms with E-state index in [1.54, 1.807) is 0 Å². The first-order valence-corrected chi connectivity index (χ1v) is 2.35. The largest absolute Gasteiger partial charge is 0.466 e. The molecule has 17 N–H and O–H groups in total. The van der Waals surface area contributed by atoms with Crippen LogP contribution in [0.3, 0.4) is 0 Å². The maximum Gasteiger partial charge on any atom is 0.466 e. The molecule has 0 atom stereocenters. The SMILES string of the molecule is O.O.O.O.O.O.O.O=P(O)(O)O.[Na].[Na]. The summed E-state index contributed by atoms with van der Waals surface area (Å²) in [5.41, 5.74) is 0. The van der Waals surface area contributed by atoms with E-state index in [0.29, 0.717) is 0 Å². The average Bonchev–Trinajstić information content (AvgIpc) is 0.722. The Bertz CT molecular complexity index is 59.4. The first-order chi connectivity index (χ1) is 2.00. The minimum absolute atomic E-state index is 0. The van der Waals surface area contributed by atoms with Gasteiger partial charge in [-0.05, 0) is 0 Å². The summed E-state index contributed by atoms with van der Waals surface area (Å²) in [6.45, 7) is 0. The maximum absolute atomic E-state index is 8.88. The Morgan fingerprint density at radius 3 is 0.571 bits per heavy atom. The molecule has 0 heterocycles. The van der Waals surface area contributed by atoms with Gasteiger partial charge in [0, 0.05) is 59.1 Å². The minimum atomic E-state index is -4.64. The molecule has 0 unspecified atom stereocenters. The Morgan fingerprint density at radius 2 is 0.571 bits per heavy atom. The molecule has 0 aromatic heterocycles. The molecule has 0 aromatic rings. The minimum Gasteiger partial charge on any atom is -0.412 e. The second-order valence-electron chi connectivity index (χ2n) is 0.513. The standard InChI is InChI=1S/2Na.H3O4P.7H2O/c;;1-5(2,3)4;;;;;;;/h;;(H3,1,2,3,4);7*1H2. The molecule has 0 spiro atoms.